The second kappa shape index (κ2) is 8.03. The van der Waals surface area contributed by atoms with Gasteiger partial charge in [0.05, 0.1) is 7.11 Å². The maximum Gasteiger partial charge on any atom is 0.336 e. The minimum atomic E-state index is -4.07. The summed E-state index contributed by atoms with van der Waals surface area (Å²) in [4.78, 5) is 13.1. The van der Waals surface area contributed by atoms with Crippen molar-refractivity contribution < 1.29 is 17.9 Å². The number of esters is 1. The van der Waals surface area contributed by atoms with E-state index in [1.165, 1.54) is 7.11 Å². The first-order valence-electron chi connectivity index (χ1n) is 8.95. The van der Waals surface area contributed by atoms with E-state index in [9.17, 15) is 13.2 Å². The summed E-state index contributed by atoms with van der Waals surface area (Å²) in [5, 5.41) is 0. The van der Waals surface area contributed by atoms with Gasteiger partial charge in [-0.2, -0.15) is 17.9 Å². The molecule has 7 heteroatoms. The Hall–Kier alpha value is -2.22. The van der Waals surface area contributed by atoms with E-state index in [1.54, 1.807) is 45.0 Å². The summed E-state index contributed by atoms with van der Waals surface area (Å²) in [6, 6.07) is 14.2. The van der Waals surface area contributed by atoms with Crippen molar-refractivity contribution in [2.75, 3.05) is 7.11 Å². The fraction of sp³-hybridized carbons (Fsp3) is 0.381. The fourth-order valence-electron chi connectivity index (χ4n) is 2.95. The van der Waals surface area contributed by atoms with Crippen molar-refractivity contribution in [3.05, 3.63) is 70.8 Å². The molecular weight excluding hydrogens is 376 g/mol. The molecule has 0 bridgehead atoms. The molecule has 0 aliphatic heterocycles. The first-order valence-corrected chi connectivity index (χ1v) is 10.4. The van der Waals surface area contributed by atoms with Crippen LogP contribution in [0.3, 0.4) is 0 Å². The summed E-state index contributed by atoms with van der Waals surface area (Å²) in [6.45, 7) is 9.01. The van der Waals surface area contributed by atoms with E-state index in [0.29, 0.717) is 11.1 Å². The number of methoxy groups -OCH3 is 1. The van der Waals surface area contributed by atoms with Crippen LogP contribution >= 0.6 is 0 Å². The number of benzene rings is 2. The highest BCUT2D eigenvalue weighted by atomic mass is 32.2. The van der Waals surface area contributed by atoms with E-state index in [-0.39, 0.29) is 0 Å². The summed E-state index contributed by atoms with van der Waals surface area (Å²) in [7, 11) is -2.83. The smallest absolute Gasteiger partial charge is 0.336 e. The molecular formula is C21H28N2O4S. The van der Waals surface area contributed by atoms with E-state index in [1.807, 2.05) is 38.1 Å². The summed E-state index contributed by atoms with van der Waals surface area (Å²) in [5.41, 5.74) is 0.451. The Morgan fingerprint density at radius 2 is 1.21 bits per heavy atom. The molecule has 0 saturated heterocycles. The quantitative estimate of drug-likeness (QED) is 0.725. The summed E-state index contributed by atoms with van der Waals surface area (Å²) >= 11 is 0. The second-order valence-corrected chi connectivity index (χ2v) is 9.35. The lowest BCUT2D eigenvalue weighted by atomic mass is 9.83. The van der Waals surface area contributed by atoms with Crippen LogP contribution in [0.5, 0.6) is 0 Å². The average molecular weight is 405 g/mol. The van der Waals surface area contributed by atoms with Gasteiger partial charge in [-0.15, -0.1) is 0 Å². The molecule has 0 radical (unpaired) electrons. The van der Waals surface area contributed by atoms with E-state index >= 15 is 0 Å². The number of carbonyl (C=O) groups is 1. The minimum Gasteiger partial charge on any atom is -0.467 e. The molecule has 0 saturated carbocycles. The Kier molecular flexibility index (Phi) is 6.33. The highest BCUT2D eigenvalue weighted by Crippen LogP contribution is 2.33. The van der Waals surface area contributed by atoms with Gasteiger partial charge in [-0.25, -0.2) is 4.79 Å². The summed E-state index contributed by atoms with van der Waals surface area (Å²) in [6.07, 6.45) is 0. The Morgan fingerprint density at radius 3 is 1.54 bits per heavy atom. The molecule has 6 nitrogen and oxygen atoms in total. The Morgan fingerprint density at radius 1 is 0.821 bits per heavy atom. The normalized spacial score (nSPS) is 12.6. The lowest BCUT2D eigenvalue weighted by Crippen LogP contribution is -2.58. The summed E-state index contributed by atoms with van der Waals surface area (Å²) in [5.74, 6) is -0.723. The molecule has 0 aromatic heterocycles. The van der Waals surface area contributed by atoms with Crippen LogP contribution in [0.15, 0.2) is 48.5 Å². The van der Waals surface area contributed by atoms with Gasteiger partial charge in [-0.1, -0.05) is 59.7 Å². The molecule has 152 valence electrons. The largest absolute Gasteiger partial charge is 0.467 e. The predicted molar refractivity (Wildman–Crippen MR) is 110 cm³/mol. The van der Waals surface area contributed by atoms with Gasteiger partial charge >= 0.3 is 5.97 Å². The topological polar surface area (TPSA) is 84.5 Å². The van der Waals surface area contributed by atoms with Crippen molar-refractivity contribution in [1.82, 2.24) is 9.44 Å². The number of carbonyl (C=O) groups excluding carboxylic acids is 1. The van der Waals surface area contributed by atoms with E-state index in [4.69, 9.17) is 4.74 Å². The molecule has 0 aliphatic rings. The van der Waals surface area contributed by atoms with Gasteiger partial charge in [0.15, 0.2) is 5.54 Å². The van der Waals surface area contributed by atoms with Gasteiger partial charge in [-0.05, 0) is 45.7 Å². The standard InChI is InChI=1S/C21H28N2O4S/c1-15-7-11-17(12-8-15)21(19(24)27-6,18-13-9-16(2)10-14-18)23-28(25,26)22-20(3,4)5/h7-14,22-23H,1-6H3. The maximum atomic E-state index is 13.1. The zero-order chi connectivity index (χ0) is 21.2. The van der Waals surface area contributed by atoms with Crippen molar-refractivity contribution in [1.29, 1.82) is 0 Å². The van der Waals surface area contributed by atoms with Crippen molar-refractivity contribution >= 4 is 16.2 Å². The Bertz CT molecular complexity index is 882. The molecule has 2 N–H and O–H groups in total. The Balaban J connectivity index is 2.75. The van der Waals surface area contributed by atoms with Crippen LogP contribution in [-0.2, 0) is 25.3 Å². The van der Waals surface area contributed by atoms with Crippen molar-refractivity contribution in [3.8, 4) is 0 Å². The molecule has 2 aromatic carbocycles. The highest BCUT2D eigenvalue weighted by Gasteiger charge is 2.47. The van der Waals surface area contributed by atoms with Crippen LogP contribution in [0.25, 0.3) is 0 Å². The molecule has 0 unspecified atom stereocenters. The third-order valence-electron chi connectivity index (χ3n) is 4.19. The van der Waals surface area contributed by atoms with E-state index < -0.39 is 27.3 Å². The van der Waals surface area contributed by atoms with Crippen molar-refractivity contribution in [2.24, 2.45) is 0 Å². The molecule has 2 aromatic rings. The highest BCUT2D eigenvalue weighted by molar-refractivity contribution is 7.87. The number of nitrogens with one attached hydrogen (secondary N) is 2. The zero-order valence-corrected chi connectivity index (χ0v) is 18.0. The maximum absolute atomic E-state index is 13.1. The predicted octanol–water partition coefficient (Wildman–Crippen LogP) is 2.94. The van der Waals surface area contributed by atoms with Crippen molar-refractivity contribution in [2.45, 2.75) is 45.7 Å². The number of aryl methyl sites for hydroxylation is 2. The van der Waals surface area contributed by atoms with Gasteiger partial charge in [-0.3, -0.25) is 0 Å². The number of hydrogen-bond donors (Lipinski definition) is 2. The van der Waals surface area contributed by atoms with Gasteiger partial charge in [0.1, 0.15) is 0 Å². The third-order valence-corrected chi connectivity index (χ3v) is 5.64. The SMILES string of the molecule is COC(=O)C(NS(=O)(=O)NC(C)(C)C)(c1ccc(C)cc1)c1ccc(C)cc1. The fourth-order valence-corrected chi connectivity index (χ4v) is 4.53. The molecule has 0 spiro atoms. The van der Waals surface area contributed by atoms with Crippen molar-refractivity contribution in [3.63, 3.8) is 0 Å². The van der Waals surface area contributed by atoms with Crippen LogP contribution < -0.4 is 9.44 Å². The van der Waals surface area contributed by atoms with Crippen LogP contribution in [0.1, 0.15) is 43.0 Å². The third kappa shape index (κ3) is 4.98. The van der Waals surface area contributed by atoms with Gasteiger partial charge in [0, 0.05) is 5.54 Å². The van der Waals surface area contributed by atoms with E-state index in [0.717, 1.165) is 11.1 Å². The van der Waals surface area contributed by atoms with Crippen LogP contribution in [0.2, 0.25) is 0 Å². The molecule has 0 fully saturated rings. The number of ether oxygens (including phenoxy) is 1. The summed E-state index contributed by atoms with van der Waals surface area (Å²) < 4.78 is 36.1. The monoisotopic (exact) mass is 404 g/mol. The molecule has 0 atom stereocenters. The molecule has 2 rings (SSSR count). The van der Waals surface area contributed by atoms with Gasteiger partial charge < -0.3 is 4.74 Å². The van der Waals surface area contributed by atoms with Crippen LogP contribution in [0.4, 0.5) is 0 Å². The number of hydrogen-bond acceptors (Lipinski definition) is 4. The van der Waals surface area contributed by atoms with Gasteiger partial charge in [0.25, 0.3) is 10.2 Å². The van der Waals surface area contributed by atoms with Crippen LogP contribution in [-0.4, -0.2) is 27.0 Å². The number of rotatable bonds is 6. The first-order chi connectivity index (χ1) is 12.9. The van der Waals surface area contributed by atoms with Gasteiger partial charge in [0.2, 0.25) is 0 Å². The van der Waals surface area contributed by atoms with E-state index in [2.05, 4.69) is 9.44 Å². The molecule has 0 heterocycles. The minimum absolute atomic E-state index is 0.466. The molecule has 28 heavy (non-hydrogen) atoms. The molecule has 0 amide bonds. The lowest BCUT2D eigenvalue weighted by Gasteiger charge is -2.34. The first kappa shape index (κ1) is 22.1. The second-order valence-electron chi connectivity index (χ2n) is 7.93. The zero-order valence-electron chi connectivity index (χ0n) is 17.2. The lowest BCUT2D eigenvalue weighted by molar-refractivity contribution is -0.146. The Labute approximate surface area is 167 Å². The average Bonchev–Trinajstić information content (AvgIpc) is 2.58. The molecule has 0 aliphatic carbocycles. The van der Waals surface area contributed by atoms with Crippen LogP contribution in [0, 0.1) is 13.8 Å².